The van der Waals surface area contributed by atoms with E-state index in [-0.39, 0.29) is 12.5 Å². The number of benzene rings is 1. The van der Waals surface area contributed by atoms with Crippen LogP contribution in [0.15, 0.2) is 24.3 Å². The number of amides is 1. The van der Waals surface area contributed by atoms with E-state index in [2.05, 4.69) is 0 Å². The van der Waals surface area contributed by atoms with E-state index in [0.29, 0.717) is 19.5 Å². The topological polar surface area (TPSA) is 76.1 Å². The van der Waals surface area contributed by atoms with Crippen LogP contribution in [0.4, 0.5) is 0 Å². The summed E-state index contributed by atoms with van der Waals surface area (Å²) in [5, 5.41) is 8.59. The normalized spacial score (nSPS) is 16.2. The smallest absolute Gasteiger partial charge is 0.329 e. The molecule has 0 radical (unpaired) electrons. The van der Waals surface area contributed by atoms with Crippen LogP contribution in [0.2, 0.25) is 0 Å². The number of aliphatic carboxylic acids is 1. The minimum atomic E-state index is -1.00. The van der Waals surface area contributed by atoms with Gasteiger partial charge in [0, 0.05) is 0 Å². The van der Waals surface area contributed by atoms with Crippen molar-refractivity contribution in [2.75, 3.05) is 26.8 Å². The quantitative estimate of drug-likeness (QED) is 0.844. The van der Waals surface area contributed by atoms with Crippen LogP contribution in [0, 0.1) is 0 Å². The number of carboxylic acids is 1. The van der Waals surface area contributed by atoms with Crippen molar-refractivity contribution < 1.29 is 24.2 Å². The lowest BCUT2D eigenvalue weighted by molar-refractivity contribution is -0.172. The second-order valence-corrected chi connectivity index (χ2v) is 5.41. The number of nitrogens with zero attached hydrogens (tertiary/aromatic N) is 1. The van der Waals surface area contributed by atoms with Gasteiger partial charge in [0.2, 0.25) is 5.91 Å². The molecule has 1 heterocycles. The average molecular weight is 293 g/mol. The molecule has 1 fully saturated rings. The lowest BCUT2D eigenvalue weighted by atomic mass is 9.95. The highest BCUT2D eigenvalue weighted by Gasteiger charge is 2.42. The number of carbonyl (C=O) groups is 2. The minimum Gasteiger partial charge on any atom is -0.497 e. The maximum atomic E-state index is 12.1. The van der Waals surface area contributed by atoms with Gasteiger partial charge in [-0.25, -0.2) is 4.79 Å². The SMILES string of the molecule is COc1ccc(CC(=O)N2CC(C)(OCC(=O)O)C2)cc1. The molecule has 6 nitrogen and oxygen atoms in total. The number of carbonyl (C=O) groups excluding carboxylic acids is 1. The summed E-state index contributed by atoms with van der Waals surface area (Å²) in [4.78, 5) is 24.2. The van der Waals surface area contributed by atoms with E-state index in [4.69, 9.17) is 14.6 Å². The molecular formula is C15H19NO5. The van der Waals surface area contributed by atoms with Crippen molar-refractivity contribution in [2.24, 2.45) is 0 Å². The van der Waals surface area contributed by atoms with E-state index in [0.717, 1.165) is 11.3 Å². The van der Waals surface area contributed by atoms with E-state index in [9.17, 15) is 9.59 Å². The van der Waals surface area contributed by atoms with E-state index in [1.54, 1.807) is 12.0 Å². The van der Waals surface area contributed by atoms with E-state index in [1.165, 1.54) is 0 Å². The number of carboxylic acid groups (broad SMARTS) is 1. The molecular weight excluding hydrogens is 274 g/mol. The summed E-state index contributed by atoms with van der Waals surface area (Å²) in [6, 6.07) is 7.35. The highest BCUT2D eigenvalue weighted by atomic mass is 16.5. The van der Waals surface area contributed by atoms with Crippen LogP contribution in [0.5, 0.6) is 5.75 Å². The van der Waals surface area contributed by atoms with E-state index in [1.807, 2.05) is 31.2 Å². The van der Waals surface area contributed by atoms with Crippen molar-refractivity contribution in [2.45, 2.75) is 18.9 Å². The van der Waals surface area contributed by atoms with Crippen molar-refractivity contribution in [1.82, 2.24) is 4.90 Å². The van der Waals surface area contributed by atoms with Gasteiger partial charge in [0.05, 0.1) is 26.6 Å². The van der Waals surface area contributed by atoms with Crippen LogP contribution in [-0.2, 0) is 20.7 Å². The average Bonchev–Trinajstić information content (AvgIpc) is 2.43. The van der Waals surface area contributed by atoms with Crippen molar-refractivity contribution in [3.63, 3.8) is 0 Å². The highest BCUT2D eigenvalue weighted by Crippen LogP contribution is 2.25. The summed E-state index contributed by atoms with van der Waals surface area (Å²) >= 11 is 0. The fraction of sp³-hybridized carbons (Fsp3) is 0.467. The number of ether oxygens (including phenoxy) is 2. The number of hydrogen-bond donors (Lipinski definition) is 1. The molecule has 1 aliphatic rings. The molecule has 1 saturated heterocycles. The van der Waals surface area contributed by atoms with Crippen LogP contribution in [0.3, 0.4) is 0 Å². The number of likely N-dealkylation sites (tertiary alicyclic amines) is 1. The van der Waals surface area contributed by atoms with Crippen LogP contribution < -0.4 is 4.74 Å². The van der Waals surface area contributed by atoms with Crippen LogP contribution in [-0.4, -0.2) is 54.3 Å². The molecule has 6 heteroatoms. The lowest BCUT2D eigenvalue weighted by Gasteiger charge is -2.47. The third-order valence-electron chi connectivity index (χ3n) is 3.46. The summed E-state index contributed by atoms with van der Waals surface area (Å²) in [7, 11) is 1.60. The van der Waals surface area contributed by atoms with Gasteiger partial charge in [-0.3, -0.25) is 4.79 Å². The maximum absolute atomic E-state index is 12.1. The molecule has 1 aromatic carbocycles. The predicted molar refractivity (Wildman–Crippen MR) is 75.3 cm³/mol. The summed E-state index contributed by atoms with van der Waals surface area (Å²) in [5.74, 6) is -0.236. The Morgan fingerprint density at radius 2 is 1.90 bits per heavy atom. The Bertz CT molecular complexity index is 519. The van der Waals surface area contributed by atoms with Crippen molar-refractivity contribution >= 4 is 11.9 Å². The zero-order chi connectivity index (χ0) is 15.5. The molecule has 1 aromatic rings. The number of methoxy groups -OCH3 is 1. The Hall–Kier alpha value is -2.08. The molecule has 0 aliphatic carbocycles. The Kier molecular flexibility index (Phi) is 4.47. The minimum absolute atomic E-state index is 0.0107. The molecule has 0 atom stereocenters. The van der Waals surface area contributed by atoms with Gasteiger partial charge in [-0.15, -0.1) is 0 Å². The predicted octanol–water partition coefficient (Wildman–Crippen LogP) is 0.940. The van der Waals surface area contributed by atoms with Gasteiger partial charge in [0.25, 0.3) is 0 Å². The second-order valence-electron chi connectivity index (χ2n) is 5.41. The maximum Gasteiger partial charge on any atom is 0.329 e. The molecule has 1 N–H and O–H groups in total. The first-order valence-corrected chi connectivity index (χ1v) is 6.68. The Morgan fingerprint density at radius 3 is 2.43 bits per heavy atom. The summed E-state index contributed by atoms with van der Waals surface area (Å²) in [5.41, 5.74) is 0.370. The molecule has 2 rings (SSSR count). The summed E-state index contributed by atoms with van der Waals surface area (Å²) in [6.45, 7) is 2.33. The molecule has 0 bridgehead atoms. The van der Waals surface area contributed by atoms with E-state index >= 15 is 0 Å². The van der Waals surface area contributed by atoms with Gasteiger partial charge >= 0.3 is 5.97 Å². The van der Waals surface area contributed by atoms with Crippen LogP contribution in [0.25, 0.3) is 0 Å². The second kappa shape index (κ2) is 6.13. The molecule has 0 aromatic heterocycles. The highest BCUT2D eigenvalue weighted by molar-refractivity contribution is 5.80. The monoisotopic (exact) mass is 293 g/mol. The third-order valence-corrected chi connectivity index (χ3v) is 3.46. The molecule has 0 unspecified atom stereocenters. The fourth-order valence-electron chi connectivity index (χ4n) is 2.29. The molecule has 1 aliphatic heterocycles. The Balaban J connectivity index is 1.81. The molecule has 114 valence electrons. The third kappa shape index (κ3) is 3.95. The zero-order valence-corrected chi connectivity index (χ0v) is 12.2. The first kappa shape index (κ1) is 15.3. The van der Waals surface area contributed by atoms with E-state index < -0.39 is 11.6 Å². The van der Waals surface area contributed by atoms with Crippen molar-refractivity contribution in [1.29, 1.82) is 0 Å². The van der Waals surface area contributed by atoms with Crippen LogP contribution in [0.1, 0.15) is 12.5 Å². The molecule has 0 spiro atoms. The Labute approximate surface area is 123 Å². The van der Waals surface area contributed by atoms with Crippen LogP contribution >= 0.6 is 0 Å². The van der Waals surface area contributed by atoms with Crippen molar-refractivity contribution in [3.05, 3.63) is 29.8 Å². The summed E-state index contributed by atoms with van der Waals surface area (Å²) in [6.07, 6.45) is 0.318. The Morgan fingerprint density at radius 1 is 1.29 bits per heavy atom. The van der Waals surface area contributed by atoms with Gasteiger partial charge in [0.15, 0.2) is 0 Å². The van der Waals surface area contributed by atoms with Crippen molar-refractivity contribution in [3.8, 4) is 5.75 Å². The number of rotatable bonds is 6. The van der Waals surface area contributed by atoms with Gasteiger partial charge in [-0.2, -0.15) is 0 Å². The van der Waals surface area contributed by atoms with Gasteiger partial charge in [0.1, 0.15) is 18.0 Å². The first-order chi connectivity index (χ1) is 9.92. The summed E-state index contributed by atoms with van der Waals surface area (Å²) < 4.78 is 10.3. The molecule has 1 amide bonds. The standard InChI is InChI=1S/C15H19NO5/c1-15(21-8-14(18)19)9-16(10-15)13(17)7-11-3-5-12(20-2)6-4-11/h3-6H,7-10H2,1-2H3,(H,18,19). The zero-order valence-electron chi connectivity index (χ0n) is 12.2. The molecule has 0 saturated carbocycles. The number of hydrogen-bond acceptors (Lipinski definition) is 4. The lowest BCUT2D eigenvalue weighted by Crippen LogP contribution is -2.63. The van der Waals surface area contributed by atoms with Gasteiger partial charge in [-0.05, 0) is 24.6 Å². The fourth-order valence-corrected chi connectivity index (χ4v) is 2.29. The largest absolute Gasteiger partial charge is 0.497 e. The van der Waals surface area contributed by atoms with Gasteiger partial charge in [-0.1, -0.05) is 12.1 Å². The molecule has 21 heavy (non-hydrogen) atoms. The first-order valence-electron chi connectivity index (χ1n) is 6.68. The van der Waals surface area contributed by atoms with Gasteiger partial charge < -0.3 is 19.5 Å².